The van der Waals surface area contributed by atoms with Crippen LogP contribution in [0.25, 0.3) is 0 Å². The van der Waals surface area contributed by atoms with Crippen molar-refractivity contribution in [2.45, 2.75) is 20.8 Å². The molecule has 1 amide bonds. The number of anilines is 1. The molecule has 98 valence electrons. The Bertz CT molecular complexity index is 615. The molecular formula is C16H17NO2. The van der Waals surface area contributed by atoms with Gasteiger partial charge < -0.3 is 10.4 Å². The van der Waals surface area contributed by atoms with Crippen molar-refractivity contribution in [3.05, 3.63) is 58.7 Å². The summed E-state index contributed by atoms with van der Waals surface area (Å²) in [5.74, 6) is 0.0963. The zero-order valence-corrected chi connectivity index (χ0v) is 11.3. The van der Waals surface area contributed by atoms with E-state index in [1.165, 1.54) is 0 Å². The number of aryl methyl sites for hydroxylation is 1. The van der Waals surface area contributed by atoms with Gasteiger partial charge in [-0.05, 0) is 56.2 Å². The molecular weight excluding hydrogens is 238 g/mol. The molecule has 0 radical (unpaired) electrons. The summed E-state index contributed by atoms with van der Waals surface area (Å²) in [6, 6.07) is 10.7. The highest BCUT2D eigenvalue weighted by Crippen LogP contribution is 2.26. The van der Waals surface area contributed by atoms with Crippen LogP contribution in [-0.4, -0.2) is 11.0 Å². The Balaban J connectivity index is 2.24. The molecule has 0 fully saturated rings. The fourth-order valence-corrected chi connectivity index (χ4v) is 1.84. The van der Waals surface area contributed by atoms with Crippen LogP contribution in [0.4, 0.5) is 5.69 Å². The predicted octanol–water partition coefficient (Wildman–Crippen LogP) is 3.57. The quantitative estimate of drug-likeness (QED) is 0.806. The number of rotatable bonds is 2. The lowest BCUT2D eigenvalue weighted by molar-refractivity contribution is 0.102. The molecule has 0 saturated heterocycles. The van der Waals surface area contributed by atoms with Crippen LogP contribution >= 0.6 is 0 Å². The molecule has 0 atom stereocenters. The molecule has 0 aliphatic carbocycles. The average Bonchev–Trinajstić information content (AvgIpc) is 2.40. The number of amides is 1. The Labute approximate surface area is 112 Å². The Hall–Kier alpha value is -2.29. The zero-order chi connectivity index (χ0) is 14.0. The van der Waals surface area contributed by atoms with E-state index in [0.717, 1.165) is 22.4 Å². The molecule has 19 heavy (non-hydrogen) atoms. The fourth-order valence-electron chi connectivity index (χ4n) is 1.84. The molecule has 2 N–H and O–H groups in total. The van der Waals surface area contributed by atoms with Gasteiger partial charge in [0.1, 0.15) is 5.75 Å². The molecule has 0 aromatic heterocycles. The maximum atomic E-state index is 12.1. The van der Waals surface area contributed by atoms with E-state index in [0.29, 0.717) is 5.56 Å². The monoisotopic (exact) mass is 255 g/mol. The Morgan fingerprint density at radius 1 is 0.947 bits per heavy atom. The minimum Gasteiger partial charge on any atom is -0.508 e. The molecule has 0 unspecified atom stereocenters. The summed E-state index contributed by atoms with van der Waals surface area (Å²) in [5, 5.41) is 12.5. The normalized spacial score (nSPS) is 10.3. The summed E-state index contributed by atoms with van der Waals surface area (Å²) in [6.07, 6.45) is 0. The fraction of sp³-hybridized carbons (Fsp3) is 0.188. The van der Waals surface area contributed by atoms with E-state index in [9.17, 15) is 9.90 Å². The van der Waals surface area contributed by atoms with Crippen molar-refractivity contribution in [2.75, 3.05) is 5.32 Å². The second kappa shape index (κ2) is 5.14. The topological polar surface area (TPSA) is 49.3 Å². The van der Waals surface area contributed by atoms with Crippen LogP contribution in [0.5, 0.6) is 5.75 Å². The van der Waals surface area contributed by atoms with Gasteiger partial charge in [-0.3, -0.25) is 4.79 Å². The molecule has 3 nitrogen and oxygen atoms in total. The number of benzene rings is 2. The number of phenols is 1. The lowest BCUT2D eigenvalue weighted by Crippen LogP contribution is -2.13. The molecule has 2 aromatic carbocycles. The molecule has 0 saturated carbocycles. The maximum absolute atomic E-state index is 12.1. The number of aromatic hydroxyl groups is 1. The van der Waals surface area contributed by atoms with E-state index in [2.05, 4.69) is 5.32 Å². The lowest BCUT2D eigenvalue weighted by atomic mass is 10.1. The molecule has 2 aromatic rings. The van der Waals surface area contributed by atoms with Gasteiger partial charge in [-0.1, -0.05) is 17.7 Å². The van der Waals surface area contributed by atoms with Crippen molar-refractivity contribution in [3.8, 4) is 5.75 Å². The van der Waals surface area contributed by atoms with Gasteiger partial charge in [-0.25, -0.2) is 0 Å². The lowest BCUT2D eigenvalue weighted by Gasteiger charge is -2.11. The molecule has 0 aliphatic heterocycles. The van der Waals surface area contributed by atoms with Crippen molar-refractivity contribution in [3.63, 3.8) is 0 Å². The Morgan fingerprint density at radius 2 is 1.58 bits per heavy atom. The van der Waals surface area contributed by atoms with E-state index in [1.54, 1.807) is 24.3 Å². The van der Waals surface area contributed by atoms with Gasteiger partial charge in [0.05, 0.1) is 0 Å². The van der Waals surface area contributed by atoms with Crippen LogP contribution in [0.1, 0.15) is 27.0 Å². The Kier molecular flexibility index (Phi) is 3.56. The van der Waals surface area contributed by atoms with Gasteiger partial charge in [-0.15, -0.1) is 0 Å². The van der Waals surface area contributed by atoms with Crippen LogP contribution in [-0.2, 0) is 0 Å². The second-order valence-corrected chi connectivity index (χ2v) is 4.70. The first-order valence-corrected chi connectivity index (χ1v) is 6.16. The third-order valence-corrected chi connectivity index (χ3v) is 3.32. The van der Waals surface area contributed by atoms with Crippen molar-refractivity contribution in [1.29, 1.82) is 0 Å². The van der Waals surface area contributed by atoms with Crippen molar-refractivity contribution >= 4 is 11.6 Å². The molecule has 3 heteroatoms. The standard InChI is InChI=1S/C16H17NO2/c1-10-4-6-13(7-5-10)16(19)17-14-8-9-15(18)12(3)11(14)2/h4-9,18H,1-3H3,(H,17,19). The summed E-state index contributed by atoms with van der Waals surface area (Å²) in [5.41, 5.74) is 4.12. The minimum atomic E-state index is -0.145. The number of hydrogen-bond donors (Lipinski definition) is 2. The van der Waals surface area contributed by atoms with E-state index in [4.69, 9.17) is 0 Å². The predicted molar refractivity (Wildman–Crippen MR) is 76.7 cm³/mol. The number of nitrogens with one attached hydrogen (secondary N) is 1. The number of carbonyl (C=O) groups is 1. The summed E-state index contributed by atoms with van der Waals surface area (Å²) >= 11 is 0. The van der Waals surface area contributed by atoms with Crippen molar-refractivity contribution in [2.24, 2.45) is 0 Å². The van der Waals surface area contributed by atoms with Crippen LogP contribution in [0.2, 0.25) is 0 Å². The van der Waals surface area contributed by atoms with E-state index < -0.39 is 0 Å². The largest absolute Gasteiger partial charge is 0.508 e. The highest BCUT2D eigenvalue weighted by Gasteiger charge is 2.10. The maximum Gasteiger partial charge on any atom is 0.255 e. The second-order valence-electron chi connectivity index (χ2n) is 4.70. The van der Waals surface area contributed by atoms with Crippen LogP contribution in [0, 0.1) is 20.8 Å². The number of phenolic OH excluding ortho intramolecular Hbond substituents is 1. The molecule has 0 spiro atoms. The number of carbonyl (C=O) groups excluding carboxylic acids is 1. The molecule has 0 heterocycles. The van der Waals surface area contributed by atoms with E-state index in [-0.39, 0.29) is 11.7 Å². The van der Waals surface area contributed by atoms with E-state index in [1.807, 2.05) is 32.9 Å². The summed E-state index contributed by atoms with van der Waals surface area (Å²) in [4.78, 5) is 12.1. The molecule has 2 rings (SSSR count). The first-order chi connectivity index (χ1) is 8.99. The van der Waals surface area contributed by atoms with Crippen molar-refractivity contribution < 1.29 is 9.90 Å². The van der Waals surface area contributed by atoms with Gasteiger partial charge >= 0.3 is 0 Å². The zero-order valence-electron chi connectivity index (χ0n) is 11.3. The third-order valence-electron chi connectivity index (χ3n) is 3.32. The van der Waals surface area contributed by atoms with Gasteiger partial charge in [0.25, 0.3) is 5.91 Å². The summed E-state index contributed by atoms with van der Waals surface area (Å²) < 4.78 is 0. The third kappa shape index (κ3) is 2.76. The van der Waals surface area contributed by atoms with Crippen LogP contribution < -0.4 is 5.32 Å². The van der Waals surface area contributed by atoms with Gasteiger partial charge in [0, 0.05) is 11.3 Å². The van der Waals surface area contributed by atoms with E-state index >= 15 is 0 Å². The molecule has 0 bridgehead atoms. The van der Waals surface area contributed by atoms with Gasteiger partial charge in [0.15, 0.2) is 0 Å². The van der Waals surface area contributed by atoms with Gasteiger partial charge in [0.2, 0.25) is 0 Å². The smallest absolute Gasteiger partial charge is 0.255 e. The van der Waals surface area contributed by atoms with Crippen molar-refractivity contribution in [1.82, 2.24) is 0 Å². The molecule has 0 aliphatic rings. The first kappa shape index (κ1) is 13.1. The summed E-state index contributed by atoms with van der Waals surface area (Å²) in [6.45, 7) is 5.68. The summed E-state index contributed by atoms with van der Waals surface area (Å²) in [7, 11) is 0. The van der Waals surface area contributed by atoms with Crippen LogP contribution in [0.3, 0.4) is 0 Å². The highest BCUT2D eigenvalue weighted by molar-refractivity contribution is 6.04. The first-order valence-electron chi connectivity index (χ1n) is 6.16. The number of hydrogen-bond acceptors (Lipinski definition) is 2. The average molecular weight is 255 g/mol. The van der Waals surface area contributed by atoms with Gasteiger partial charge in [-0.2, -0.15) is 0 Å². The Morgan fingerprint density at radius 3 is 2.21 bits per heavy atom. The highest BCUT2D eigenvalue weighted by atomic mass is 16.3. The van der Waals surface area contributed by atoms with Crippen LogP contribution in [0.15, 0.2) is 36.4 Å². The minimum absolute atomic E-state index is 0.145. The SMILES string of the molecule is Cc1ccc(C(=O)Nc2ccc(O)c(C)c2C)cc1.